The number of fused-ring (bicyclic) bond motifs is 1. The van der Waals surface area contributed by atoms with Crippen molar-refractivity contribution in [3.05, 3.63) is 65.1 Å². The number of allylic oxidation sites excluding steroid dienone is 1. The van der Waals surface area contributed by atoms with Crippen LogP contribution in [0, 0.1) is 17.7 Å². The van der Waals surface area contributed by atoms with Gasteiger partial charge in [-0.25, -0.2) is 4.39 Å². The average Bonchev–Trinajstić information content (AvgIpc) is 2.96. The molecule has 0 saturated heterocycles. The first-order chi connectivity index (χ1) is 19.9. The van der Waals surface area contributed by atoms with Gasteiger partial charge in [0, 0.05) is 13.3 Å². The normalized spacial score (nSPS) is 17.7. The molecule has 0 aromatic heterocycles. The van der Waals surface area contributed by atoms with E-state index in [1.807, 2.05) is 20.1 Å². The highest BCUT2D eigenvalue weighted by Crippen LogP contribution is 2.43. The summed E-state index contributed by atoms with van der Waals surface area (Å²) in [6.45, 7) is 14.4. The van der Waals surface area contributed by atoms with E-state index in [4.69, 9.17) is 0 Å². The Kier molecular flexibility index (Phi) is 12.6. The van der Waals surface area contributed by atoms with Crippen molar-refractivity contribution >= 4 is 23.3 Å². The first-order valence-corrected chi connectivity index (χ1v) is 15.9. The molecule has 2 aromatic carbocycles. The number of halogens is 1. The lowest BCUT2D eigenvalue weighted by molar-refractivity contribution is -0.000949. The minimum Gasteiger partial charge on any atom is -0.361 e. The Morgan fingerprint density at radius 3 is 2.34 bits per heavy atom. The van der Waals surface area contributed by atoms with Crippen molar-refractivity contribution in [1.82, 2.24) is 5.06 Å². The fourth-order valence-electron chi connectivity index (χ4n) is 6.07. The van der Waals surface area contributed by atoms with Gasteiger partial charge in [-0.15, -0.1) is 0 Å². The second-order valence-corrected chi connectivity index (χ2v) is 11.4. The number of nitrogens with one attached hydrogen (secondary N) is 1. The molecule has 1 unspecified atom stereocenters. The Morgan fingerprint density at radius 1 is 1.12 bits per heavy atom. The third-order valence-electron chi connectivity index (χ3n) is 8.56. The summed E-state index contributed by atoms with van der Waals surface area (Å²) >= 11 is 0. The SMILES string of the molecule is C=CNc1c(CC)c(-c2ccc3c(c2)N=CC(CC)C3)cc(F)c1C(=C1CCC1)N(C)O.CC.CC1CCCCC1. The van der Waals surface area contributed by atoms with Crippen LogP contribution in [0.15, 0.2) is 47.6 Å². The predicted molar refractivity (Wildman–Crippen MR) is 175 cm³/mol. The molecule has 2 saturated carbocycles. The zero-order valence-corrected chi connectivity index (χ0v) is 26.3. The average molecular weight is 562 g/mol. The van der Waals surface area contributed by atoms with Crippen LogP contribution in [-0.2, 0) is 12.8 Å². The first-order valence-electron chi connectivity index (χ1n) is 15.9. The van der Waals surface area contributed by atoms with E-state index in [1.54, 1.807) is 19.3 Å². The maximum atomic E-state index is 15.7. The van der Waals surface area contributed by atoms with Crippen molar-refractivity contribution in [3.8, 4) is 11.1 Å². The van der Waals surface area contributed by atoms with E-state index in [9.17, 15) is 5.21 Å². The molecule has 2 aliphatic carbocycles. The minimum absolute atomic E-state index is 0.357. The van der Waals surface area contributed by atoms with Crippen LogP contribution in [0.3, 0.4) is 0 Å². The third kappa shape index (κ3) is 7.88. The topological polar surface area (TPSA) is 47.9 Å². The van der Waals surface area contributed by atoms with Crippen LogP contribution in [0.2, 0.25) is 0 Å². The Balaban J connectivity index is 0.000000443. The van der Waals surface area contributed by atoms with E-state index in [0.717, 1.165) is 71.0 Å². The van der Waals surface area contributed by atoms with Gasteiger partial charge >= 0.3 is 0 Å². The number of hydroxylamine groups is 2. The molecular formula is C36H52FN3O. The molecule has 0 spiro atoms. The summed E-state index contributed by atoms with van der Waals surface area (Å²) in [6.07, 6.45) is 16.6. The lowest BCUT2D eigenvalue weighted by Crippen LogP contribution is -2.19. The predicted octanol–water partition coefficient (Wildman–Crippen LogP) is 10.7. The van der Waals surface area contributed by atoms with Crippen LogP contribution in [0.5, 0.6) is 0 Å². The summed E-state index contributed by atoms with van der Waals surface area (Å²) in [5.74, 6) is 1.16. The molecule has 2 aromatic rings. The monoisotopic (exact) mass is 561 g/mol. The minimum atomic E-state index is -0.357. The standard InChI is InChI=1S/C27H32FN3O.C7H14.C2H6/c1-5-17-13-20-12-11-19(14-24(20)30-16-17)22-15-23(28)25(26(29-7-3)21(22)6-2)27(31(4)32)18-9-8-10-18;1-7-5-3-2-4-6-7;1-2/h7,11-12,14-17,29,32H,3,5-6,8-10,13H2,1-2,4H3;7H,2-6H2,1H3;1-2H3. The van der Waals surface area contributed by atoms with Crippen molar-refractivity contribution in [3.63, 3.8) is 0 Å². The van der Waals surface area contributed by atoms with Crippen LogP contribution in [0.1, 0.15) is 109 Å². The first kappa shape index (κ1) is 32.6. The molecule has 0 amide bonds. The Bertz CT molecular complexity index is 1220. The third-order valence-corrected chi connectivity index (χ3v) is 8.56. The summed E-state index contributed by atoms with van der Waals surface area (Å²) in [5, 5.41) is 14.6. The summed E-state index contributed by atoms with van der Waals surface area (Å²) < 4.78 is 15.7. The van der Waals surface area contributed by atoms with E-state index < -0.39 is 0 Å². The fourth-order valence-corrected chi connectivity index (χ4v) is 6.07. The highest BCUT2D eigenvalue weighted by atomic mass is 19.1. The zero-order valence-electron chi connectivity index (χ0n) is 26.3. The quantitative estimate of drug-likeness (QED) is 0.331. The van der Waals surface area contributed by atoms with Crippen LogP contribution < -0.4 is 5.32 Å². The van der Waals surface area contributed by atoms with Crippen molar-refractivity contribution in [2.45, 2.75) is 105 Å². The molecule has 41 heavy (non-hydrogen) atoms. The Morgan fingerprint density at radius 2 is 1.83 bits per heavy atom. The second-order valence-electron chi connectivity index (χ2n) is 11.4. The zero-order chi connectivity index (χ0) is 29.9. The largest absolute Gasteiger partial charge is 0.361 e. The van der Waals surface area contributed by atoms with Crippen molar-refractivity contribution < 1.29 is 9.60 Å². The van der Waals surface area contributed by atoms with Crippen LogP contribution in [0.25, 0.3) is 16.8 Å². The summed E-state index contributed by atoms with van der Waals surface area (Å²) in [5.41, 5.74) is 7.68. The number of aliphatic imine (C=N–C) groups is 1. The number of hydrogen-bond donors (Lipinski definition) is 2. The summed E-state index contributed by atoms with van der Waals surface area (Å²) in [6, 6.07) is 7.86. The van der Waals surface area contributed by atoms with E-state index in [-0.39, 0.29) is 5.82 Å². The summed E-state index contributed by atoms with van der Waals surface area (Å²) in [7, 11) is 1.56. The molecule has 1 aliphatic heterocycles. The van der Waals surface area contributed by atoms with Gasteiger partial charge in [0.2, 0.25) is 0 Å². The van der Waals surface area contributed by atoms with E-state index in [0.29, 0.717) is 29.3 Å². The van der Waals surface area contributed by atoms with E-state index in [1.165, 1.54) is 37.7 Å². The molecule has 224 valence electrons. The van der Waals surface area contributed by atoms with Gasteiger partial charge in [-0.2, -0.15) is 0 Å². The Labute approximate surface area is 248 Å². The highest BCUT2D eigenvalue weighted by molar-refractivity contribution is 5.87. The smallest absolute Gasteiger partial charge is 0.135 e. The second kappa shape index (κ2) is 15.9. The number of nitrogens with zero attached hydrogens (tertiary/aromatic N) is 2. The molecule has 5 heteroatoms. The summed E-state index contributed by atoms with van der Waals surface area (Å²) in [4.78, 5) is 4.68. The molecule has 5 rings (SSSR count). The van der Waals surface area contributed by atoms with Crippen molar-refractivity contribution in [2.75, 3.05) is 12.4 Å². The molecule has 4 nitrogen and oxygen atoms in total. The van der Waals surface area contributed by atoms with Crippen LogP contribution in [-0.4, -0.2) is 23.5 Å². The van der Waals surface area contributed by atoms with Gasteiger partial charge < -0.3 is 5.32 Å². The molecule has 1 atom stereocenters. The Hall–Kier alpha value is -2.92. The molecule has 0 radical (unpaired) electrons. The van der Waals surface area contributed by atoms with Crippen LogP contribution >= 0.6 is 0 Å². The lowest BCUT2D eigenvalue weighted by Gasteiger charge is -2.29. The van der Waals surface area contributed by atoms with Crippen LogP contribution in [0.4, 0.5) is 15.8 Å². The maximum Gasteiger partial charge on any atom is 0.135 e. The molecule has 2 N–H and O–H groups in total. The van der Waals surface area contributed by atoms with Gasteiger partial charge in [0.15, 0.2) is 0 Å². The number of anilines is 1. The molecule has 0 bridgehead atoms. The van der Waals surface area contributed by atoms with E-state index in [2.05, 4.69) is 55.9 Å². The van der Waals surface area contributed by atoms with Gasteiger partial charge in [0.25, 0.3) is 0 Å². The lowest BCUT2D eigenvalue weighted by atomic mass is 9.85. The van der Waals surface area contributed by atoms with Gasteiger partial charge in [-0.05, 0) is 96.5 Å². The van der Waals surface area contributed by atoms with Gasteiger partial charge in [-0.1, -0.05) is 85.4 Å². The molecule has 3 aliphatic rings. The van der Waals surface area contributed by atoms with Gasteiger partial charge in [0.05, 0.1) is 22.6 Å². The van der Waals surface area contributed by atoms with E-state index >= 15 is 4.39 Å². The number of benzene rings is 2. The van der Waals surface area contributed by atoms with Crippen molar-refractivity contribution in [2.24, 2.45) is 16.8 Å². The molecule has 1 heterocycles. The van der Waals surface area contributed by atoms with Crippen molar-refractivity contribution in [1.29, 1.82) is 0 Å². The fraction of sp³-hybridized carbons (Fsp3) is 0.528. The number of rotatable bonds is 7. The molecule has 2 fully saturated rings. The molecular weight excluding hydrogens is 509 g/mol. The van der Waals surface area contributed by atoms with Gasteiger partial charge in [-0.3, -0.25) is 15.3 Å². The van der Waals surface area contributed by atoms with Gasteiger partial charge in [0.1, 0.15) is 5.82 Å². The number of hydrogen-bond acceptors (Lipinski definition) is 4. The highest BCUT2D eigenvalue weighted by Gasteiger charge is 2.27. The maximum absolute atomic E-state index is 15.7.